The van der Waals surface area contributed by atoms with Crippen molar-refractivity contribution in [3.8, 4) is 5.69 Å². The number of benzene rings is 2. The Kier molecular flexibility index (Phi) is 6.07. The molecule has 0 bridgehead atoms. The van der Waals surface area contributed by atoms with Crippen molar-refractivity contribution in [2.24, 2.45) is 5.92 Å². The zero-order valence-electron chi connectivity index (χ0n) is 17.8. The van der Waals surface area contributed by atoms with Crippen molar-refractivity contribution in [2.75, 3.05) is 18.4 Å². The number of amides is 1. The molecular formula is C22H24FN5O3S. The van der Waals surface area contributed by atoms with Gasteiger partial charge in [-0.2, -0.15) is 9.40 Å². The zero-order valence-corrected chi connectivity index (χ0v) is 18.6. The normalized spacial score (nSPS) is 15.6. The molecule has 168 valence electrons. The predicted octanol–water partition coefficient (Wildman–Crippen LogP) is 3.06. The first-order valence-electron chi connectivity index (χ1n) is 10.3. The molecule has 8 nitrogen and oxygen atoms in total. The summed E-state index contributed by atoms with van der Waals surface area (Å²) in [4.78, 5) is 16.7. The summed E-state index contributed by atoms with van der Waals surface area (Å²) in [5.41, 5.74) is 2.51. The standard InChI is InChI=1S/C22H24FN5O3S/c1-15-3-5-19(11-16(15)2)32(30,31)27-9-7-17(8-10-27)22(29)26-18-4-6-21(20(23)12-18)28-14-24-13-25-28/h3-6,11-14,17H,7-10H2,1-2H3,(H,26,29). The van der Waals surface area contributed by atoms with E-state index < -0.39 is 15.8 Å². The van der Waals surface area contributed by atoms with Crippen LogP contribution in [-0.2, 0) is 14.8 Å². The molecule has 1 aliphatic heterocycles. The monoisotopic (exact) mass is 457 g/mol. The van der Waals surface area contributed by atoms with Crippen LogP contribution in [0.25, 0.3) is 5.69 Å². The maximum atomic E-state index is 14.4. The summed E-state index contributed by atoms with van der Waals surface area (Å²) in [6, 6.07) is 9.44. The maximum Gasteiger partial charge on any atom is 0.243 e. The molecule has 1 fully saturated rings. The van der Waals surface area contributed by atoms with E-state index in [1.807, 2.05) is 13.8 Å². The molecule has 0 unspecified atom stereocenters. The van der Waals surface area contributed by atoms with Crippen molar-refractivity contribution >= 4 is 21.6 Å². The van der Waals surface area contributed by atoms with Gasteiger partial charge in [-0.05, 0) is 68.1 Å². The Balaban J connectivity index is 1.38. The first-order chi connectivity index (χ1) is 15.3. The molecule has 0 aliphatic carbocycles. The summed E-state index contributed by atoms with van der Waals surface area (Å²) < 4.78 is 43.0. The van der Waals surface area contributed by atoms with Gasteiger partial charge in [0.25, 0.3) is 0 Å². The SMILES string of the molecule is Cc1ccc(S(=O)(=O)N2CCC(C(=O)Nc3ccc(-n4cncn4)c(F)c3)CC2)cc1C. The Morgan fingerprint density at radius 3 is 2.47 bits per heavy atom. The molecule has 2 heterocycles. The van der Waals surface area contributed by atoms with Crippen LogP contribution in [0.3, 0.4) is 0 Å². The Morgan fingerprint density at radius 1 is 1.09 bits per heavy atom. The van der Waals surface area contributed by atoms with Gasteiger partial charge in [-0.1, -0.05) is 6.07 Å². The smallest absolute Gasteiger partial charge is 0.243 e. The number of rotatable bonds is 5. The molecule has 2 aromatic carbocycles. The lowest BCUT2D eigenvalue weighted by atomic mass is 9.97. The fraction of sp³-hybridized carbons (Fsp3) is 0.318. The Morgan fingerprint density at radius 2 is 1.84 bits per heavy atom. The molecular weight excluding hydrogens is 433 g/mol. The number of hydrogen-bond donors (Lipinski definition) is 1. The summed E-state index contributed by atoms with van der Waals surface area (Å²) in [6.45, 7) is 4.33. The van der Waals surface area contributed by atoms with Gasteiger partial charge in [-0.25, -0.2) is 22.5 Å². The van der Waals surface area contributed by atoms with E-state index >= 15 is 0 Å². The molecule has 1 aliphatic rings. The van der Waals surface area contributed by atoms with Gasteiger partial charge in [0, 0.05) is 24.7 Å². The first-order valence-corrected chi connectivity index (χ1v) is 11.7. The highest BCUT2D eigenvalue weighted by Crippen LogP contribution is 2.26. The number of aryl methyl sites for hydroxylation is 2. The van der Waals surface area contributed by atoms with Crippen LogP contribution >= 0.6 is 0 Å². The minimum Gasteiger partial charge on any atom is -0.326 e. The molecule has 4 rings (SSSR count). The zero-order chi connectivity index (χ0) is 22.9. The summed E-state index contributed by atoms with van der Waals surface area (Å²) in [6.07, 6.45) is 3.49. The highest BCUT2D eigenvalue weighted by Gasteiger charge is 2.32. The fourth-order valence-corrected chi connectivity index (χ4v) is 5.28. The lowest BCUT2D eigenvalue weighted by Gasteiger charge is -2.30. The molecule has 0 saturated carbocycles. The second kappa shape index (κ2) is 8.79. The molecule has 3 aromatic rings. The number of anilines is 1. The van der Waals surface area contributed by atoms with Crippen LogP contribution in [-0.4, -0.2) is 46.5 Å². The number of nitrogens with one attached hydrogen (secondary N) is 1. The minimum atomic E-state index is -3.60. The van der Waals surface area contributed by atoms with Gasteiger partial charge in [0.2, 0.25) is 15.9 Å². The van der Waals surface area contributed by atoms with Gasteiger partial charge in [0.1, 0.15) is 18.3 Å². The largest absolute Gasteiger partial charge is 0.326 e. The predicted molar refractivity (Wildman–Crippen MR) is 117 cm³/mol. The Bertz CT molecular complexity index is 1240. The van der Waals surface area contributed by atoms with Gasteiger partial charge in [-0.3, -0.25) is 4.79 Å². The van der Waals surface area contributed by atoms with Gasteiger partial charge in [0.05, 0.1) is 4.90 Å². The number of piperidine rings is 1. The fourth-order valence-electron chi connectivity index (χ4n) is 3.73. The quantitative estimate of drug-likeness (QED) is 0.635. The summed E-state index contributed by atoms with van der Waals surface area (Å²) in [5, 5.41) is 6.63. The van der Waals surface area contributed by atoms with Crippen molar-refractivity contribution < 1.29 is 17.6 Å². The van der Waals surface area contributed by atoms with Crippen LogP contribution in [0.4, 0.5) is 10.1 Å². The first kappa shape index (κ1) is 22.1. The second-order valence-corrected chi connectivity index (χ2v) is 9.86. The number of nitrogens with zero attached hydrogens (tertiary/aromatic N) is 4. The molecule has 0 spiro atoms. The van der Waals surface area contributed by atoms with E-state index in [4.69, 9.17) is 0 Å². The van der Waals surface area contributed by atoms with Gasteiger partial charge in [0.15, 0.2) is 5.82 Å². The number of sulfonamides is 1. The average Bonchev–Trinajstić information content (AvgIpc) is 3.30. The van der Waals surface area contributed by atoms with Crippen LogP contribution in [0.5, 0.6) is 0 Å². The lowest BCUT2D eigenvalue weighted by Crippen LogP contribution is -2.41. The Labute approximate surface area is 186 Å². The van der Waals surface area contributed by atoms with E-state index in [1.54, 1.807) is 24.3 Å². The van der Waals surface area contributed by atoms with E-state index in [1.165, 1.54) is 33.8 Å². The second-order valence-electron chi connectivity index (χ2n) is 7.92. The van der Waals surface area contributed by atoms with Gasteiger partial charge in [-0.15, -0.1) is 0 Å². The van der Waals surface area contributed by atoms with E-state index in [0.29, 0.717) is 18.5 Å². The Hall–Kier alpha value is -3.11. The van der Waals surface area contributed by atoms with Crippen molar-refractivity contribution in [3.63, 3.8) is 0 Å². The maximum absolute atomic E-state index is 14.4. The lowest BCUT2D eigenvalue weighted by molar-refractivity contribution is -0.120. The molecule has 1 saturated heterocycles. The van der Waals surface area contributed by atoms with Crippen molar-refractivity contribution in [1.29, 1.82) is 0 Å². The molecule has 1 N–H and O–H groups in total. The number of carbonyl (C=O) groups excluding carboxylic acids is 1. The molecule has 10 heteroatoms. The number of hydrogen-bond acceptors (Lipinski definition) is 5. The van der Waals surface area contributed by atoms with E-state index in [2.05, 4.69) is 15.4 Å². The topological polar surface area (TPSA) is 97.2 Å². The van der Waals surface area contributed by atoms with E-state index in [-0.39, 0.29) is 35.5 Å². The van der Waals surface area contributed by atoms with Gasteiger partial charge >= 0.3 is 0 Å². The van der Waals surface area contributed by atoms with E-state index in [0.717, 1.165) is 11.1 Å². The van der Waals surface area contributed by atoms with Crippen molar-refractivity contribution in [2.45, 2.75) is 31.6 Å². The minimum absolute atomic E-state index is 0.227. The van der Waals surface area contributed by atoms with Crippen LogP contribution in [0.1, 0.15) is 24.0 Å². The van der Waals surface area contributed by atoms with Crippen molar-refractivity contribution in [3.05, 3.63) is 66.0 Å². The number of halogens is 1. The van der Waals surface area contributed by atoms with Gasteiger partial charge < -0.3 is 5.32 Å². The molecule has 1 aromatic heterocycles. The molecule has 1 amide bonds. The summed E-state index contributed by atoms with van der Waals surface area (Å²) in [5.74, 6) is -1.14. The highest BCUT2D eigenvalue weighted by atomic mass is 32.2. The summed E-state index contributed by atoms with van der Waals surface area (Å²) in [7, 11) is -3.60. The third kappa shape index (κ3) is 4.42. The van der Waals surface area contributed by atoms with Crippen LogP contribution in [0.15, 0.2) is 53.9 Å². The molecule has 0 atom stereocenters. The number of carbonyl (C=O) groups is 1. The average molecular weight is 458 g/mol. The molecule has 32 heavy (non-hydrogen) atoms. The van der Waals surface area contributed by atoms with Crippen molar-refractivity contribution in [1.82, 2.24) is 19.1 Å². The van der Waals surface area contributed by atoms with Crippen LogP contribution in [0.2, 0.25) is 0 Å². The van der Waals surface area contributed by atoms with E-state index in [9.17, 15) is 17.6 Å². The molecule has 0 radical (unpaired) electrons. The third-order valence-electron chi connectivity index (χ3n) is 5.82. The van der Waals surface area contributed by atoms with Crippen LogP contribution in [0, 0.1) is 25.6 Å². The van der Waals surface area contributed by atoms with Crippen LogP contribution < -0.4 is 5.32 Å². The highest BCUT2D eigenvalue weighted by molar-refractivity contribution is 7.89. The third-order valence-corrected chi connectivity index (χ3v) is 7.72. The summed E-state index contributed by atoms with van der Waals surface area (Å²) >= 11 is 0. The number of aromatic nitrogens is 3.